The molecule has 0 saturated carbocycles. The molecule has 0 heterocycles. The van der Waals surface area contributed by atoms with E-state index in [1.54, 1.807) is 162 Å². The zero-order valence-electron chi connectivity index (χ0n) is 40.7. The Balaban J connectivity index is 0.000000276. The van der Waals surface area contributed by atoms with E-state index in [1.165, 1.54) is 49.3 Å². The summed E-state index contributed by atoms with van der Waals surface area (Å²) in [6.45, 7) is 0. The quantitative estimate of drug-likeness (QED) is 0.0903. The number of halogens is 1. The van der Waals surface area contributed by atoms with E-state index in [-0.39, 0.29) is 67.7 Å². The Morgan fingerprint density at radius 3 is 1.28 bits per heavy atom. The van der Waals surface area contributed by atoms with Crippen LogP contribution in [0, 0.1) is 0 Å². The topological polar surface area (TPSA) is 197 Å². The van der Waals surface area contributed by atoms with Crippen LogP contribution >= 0.6 is 12.4 Å². The minimum Gasteiger partial charge on any atom is -0.497 e. The minimum absolute atomic E-state index is 0. The number of nitrogens with two attached hydrogens (primary N) is 1. The Hall–Kier alpha value is -7.18. The van der Waals surface area contributed by atoms with Crippen LogP contribution < -0.4 is 19.9 Å². The maximum atomic E-state index is 13.6. The number of methoxy groups -OCH3 is 3. The molecule has 378 valence electrons. The van der Waals surface area contributed by atoms with Crippen molar-refractivity contribution in [2.45, 2.75) is 31.9 Å². The van der Waals surface area contributed by atoms with Gasteiger partial charge in [-0.05, 0) is 118 Å². The predicted molar refractivity (Wildman–Crippen MR) is 283 cm³/mol. The first kappa shape index (κ1) is 55.7. The van der Waals surface area contributed by atoms with Crippen LogP contribution in [0.4, 0.5) is 5.69 Å². The summed E-state index contributed by atoms with van der Waals surface area (Å²) in [7, 11) is -0.322. The average Bonchev–Trinajstić information content (AvgIpc) is 3.35. The molecule has 72 heavy (non-hydrogen) atoms. The van der Waals surface area contributed by atoms with Crippen LogP contribution in [0.5, 0.6) is 17.2 Å². The number of nitrogens with zero attached hydrogens (tertiary/aromatic N) is 2. The minimum atomic E-state index is -3.91. The molecule has 7 rings (SSSR count). The summed E-state index contributed by atoms with van der Waals surface area (Å²) >= 11 is 0. The molecule has 0 fully saturated rings. The fourth-order valence-electron chi connectivity index (χ4n) is 7.56. The van der Waals surface area contributed by atoms with Crippen molar-refractivity contribution < 1.29 is 49.1 Å². The number of benzene rings is 7. The van der Waals surface area contributed by atoms with Crippen molar-refractivity contribution in [3.8, 4) is 39.5 Å². The van der Waals surface area contributed by atoms with Crippen molar-refractivity contribution >= 4 is 59.4 Å². The molecule has 0 spiro atoms. The first-order chi connectivity index (χ1) is 33.6. The second-order valence-corrected chi connectivity index (χ2v) is 22.7. The predicted octanol–water partition coefficient (Wildman–Crippen LogP) is 9.06. The molecule has 0 aliphatic rings. The lowest BCUT2D eigenvalue weighted by Crippen LogP contribution is -2.21. The van der Waals surface area contributed by atoms with Gasteiger partial charge in [0, 0.05) is 45.0 Å². The van der Waals surface area contributed by atoms with E-state index >= 15 is 0 Å². The summed E-state index contributed by atoms with van der Waals surface area (Å²) in [5.41, 5.74) is 11.5. The zero-order chi connectivity index (χ0) is 51.7. The van der Waals surface area contributed by atoms with Gasteiger partial charge in [-0.15, -0.1) is 12.4 Å². The third-order valence-corrected chi connectivity index (χ3v) is 16.2. The van der Waals surface area contributed by atoms with Crippen molar-refractivity contribution in [1.82, 2.24) is 9.80 Å². The highest BCUT2D eigenvalue weighted by Crippen LogP contribution is 2.35. The molecular formula is C54H56ClN3O11S3. The maximum absolute atomic E-state index is 13.6. The summed E-state index contributed by atoms with van der Waals surface area (Å²) in [6.07, 6.45) is 0. The number of anilines is 1. The standard InChI is InChI=1S/C31H31NO7S2.C23H24N2O4S.ClH/c1-32(2)31(33)26-11-6-10-24(17-26)25-14-15-29(39-4)30(18-25)41(36,37)21-23-9-5-8-22(16-23)20-40(34,35)28-13-7-12-27(19-28)38-3;1-25(2)23(26)19-8-5-7-17(13-19)18-10-11-21(29-3)22(14-18)30(27,28)15-16-6-4-9-20(24)12-16;/h5-19H,20-21H2,1-4H3;4-14H,15,24H2,1-3H3;1H. The lowest BCUT2D eigenvalue weighted by Gasteiger charge is -2.14. The van der Waals surface area contributed by atoms with Gasteiger partial charge < -0.3 is 29.7 Å². The highest BCUT2D eigenvalue weighted by Gasteiger charge is 2.25. The molecule has 2 amide bonds. The normalized spacial score (nSPS) is 11.3. The van der Waals surface area contributed by atoms with Crippen LogP contribution in [-0.2, 0) is 46.8 Å². The van der Waals surface area contributed by atoms with E-state index in [0.717, 1.165) is 5.56 Å². The van der Waals surface area contributed by atoms with E-state index in [9.17, 15) is 34.8 Å². The zero-order valence-corrected chi connectivity index (χ0v) is 44.0. The lowest BCUT2D eigenvalue weighted by molar-refractivity contribution is 0.0820. The van der Waals surface area contributed by atoms with Gasteiger partial charge >= 0.3 is 0 Å². The monoisotopic (exact) mass is 1050 g/mol. The second-order valence-electron chi connectivity index (χ2n) is 16.8. The molecule has 0 bridgehead atoms. The number of ether oxygens (including phenoxy) is 3. The number of carbonyl (C=O) groups excluding carboxylic acids is 2. The Labute approximate surface area is 428 Å². The summed E-state index contributed by atoms with van der Waals surface area (Å²) in [5, 5.41) is 0. The van der Waals surface area contributed by atoms with Gasteiger partial charge in [-0.1, -0.05) is 78.9 Å². The molecule has 0 atom stereocenters. The van der Waals surface area contributed by atoms with Crippen LogP contribution in [0.2, 0.25) is 0 Å². The molecule has 0 unspecified atom stereocenters. The second kappa shape index (κ2) is 23.8. The SMILES string of the molecule is COc1ccc(-c2cccc(C(=O)N(C)C)c2)cc1S(=O)(=O)Cc1cccc(N)c1.COc1cccc(S(=O)(=O)Cc2cccc(CS(=O)(=O)c3cc(-c4cccc(C(=O)N(C)C)c4)ccc3OC)c2)c1.Cl. The van der Waals surface area contributed by atoms with Crippen LogP contribution in [0.3, 0.4) is 0 Å². The molecule has 0 aliphatic heterocycles. The highest BCUT2D eigenvalue weighted by molar-refractivity contribution is 7.91. The van der Waals surface area contributed by atoms with E-state index < -0.39 is 29.5 Å². The molecular weight excluding hydrogens is 998 g/mol. The van der Waals surface area contributed by atoms with Crippen LogP contribution in [0.1, 0.15) is 37.4 Å². The van der Waals surface area contributed by atoms with Crippen molar-refractivity contribution in [1.29, 1.82) is 0 Å². The third kappa shape index (κ3) is 13.8. The van der Waals surface area contributed by atoms with Gasteiger partial charge in [-0.2, -0.15) is 0 Å². The Kier molecular flexibility index (Phi) is 18.4. The van der Waals surface area contributed by atoms with Gasteiger partial charge in [-0.25, -0.2) is 25.3 Å². The number of hydrogen-bond acceptors (Lipinski definition) is 12. The molecule has 2 N–H and O–H groups in total. The summed E-state index contributed by atoms with van der Waals surface area (Å²) in [5.74, 6) is -0.265. The van der Waals surface area contributed by atoms with Crippen molar-refractivity contribution in [2.75, 3.05) is 55.3 Å². The van der Waals surface area contributed by atoms with E-state index in [0.29, 0.717) is 55.9 Å². The van der Waals surface area contributed by atoms with Gasteiger partial charge in [0.15, 0.2) is 29.5 Å². The van der Waals surface area contributed by atoms with Gasteiger partial charge in [0.05, 0.1) is 43.5 Å². The molecule has 0 aromatic heterocycles. The Bertz CT molecular complexity index is 3440. The summed E-state index contributed by atoms with van der Waals surface area (Å²) in [6, 6.07) is 43.4. The Morgan fingerprint density at radius 2 is 0.847 bits per heavy atom. The van der Waals surface area contributed by atoms with E-state index in [4.69, 9.17) is 19.9 Å². The smallest absolute Gasteiger partial charge is 0.253 e. The third-order valence-electron chi connectivity index (χ3n) is 11.1. The number of hydrogen-bond donors (Lipinski definition) is 1. The molecule has 0 saturated heterocycles. The first-order valence-corrected chi connectivity index (χ1v) is 26.8. The van der Waals surface area contributed by atoms with Gasteiger partial charge in [0.2, 0.25) is 0 Å². The first-order valence-electron chi connectivity index (χ1n) is 21.9. The fourth-order valence-corrected chi connectivity index (χ4v) is 12.0. The van der Waals surface area contributed by atoms with E-state index in [1.807, 2.05) is 6.07 Å². The van der Waals surface area contributed by atoms with Crippen LogP contribution in [0.15, 0.2) is 172 Å². The molecule has 0 aliphatic carbocycles. The summed E-state index contributed by atoms with van der Waals surface area (Å²) in [4.78, 5) is 27.9. The van der Waals surface area contributed by atoms with Gasteiger partial charge in [-0.3, -0.25) is 9.59 Å². The number of nitrogen functional groups attached to an aromatic ring is 1. The van der Waals surface area contributed by atoms with Gasteiger partial charge in [0.1, 0.15) is 27.0 Å². The fraction of sp³-hybridized carbons (Fsp3) is 0.185. The van der Waals surface area contributed by atoms with Crippen LogP contribution in [0.25, 0.3) is 22.3 Å². The van der Waals surface area contributed by atoms with Gasteiger partial charge in [0.25, 0.3) is 11.8 Å². The lowest BCUT2D eigenvalue weighted by atomic mass is 10.0. The molecule has 7 aromatic rings. The number of rotatable bonds is 16. The maximum Gasteiger partial charge on any atom is 0.253 e. The van der Waals surface area contributed by atoms with Crippen molar-refractivity contribution in [2.24, 2.45) is 0 Å². The molecule has 18 heteroatoms. The van der Waals surface area contributed by atoms with Crippen molar-refractivity contribution in [3.05, 3.63) is 186 Å². The average molecular weight is 1050 g/mol. The Morgan fingerprint density at radius 1 is 0.444 bits per heavy atom. The molecule has 0 radical (unpaired) electrons. The highest BCUT2D eigenvalue weighted by atomic mass is 35.5. The number of sulfone groups is 3. The van der Waals surface area contributed by atoms with E-state index in [2.05, 4.69) is 0 Å². The molecule has 7 aromatic carbocycles. The molecule has 14 nitrogen and oxygen atoms in total. The van der Waals surface area contributed by atoms with Crippen molar-refractivity contribution in [3.63, 3.8) is 0 Å². The number of carbonyl (C=O) groups is 2. The van der Waals surface area contributed by atoms with Crippen LogP contribution in [-0.4, -0.2) is 96.4 Å². The largest absolute Gasteiger partial charge is 0.497 e. The summed E-state index contributed by atoms with van der Waals surface area (Å²) < 4.78 is 95.5. The number of amides is 2.